The van der Waals surface area contributed by atoms with Gasteiger partial charge in [0.25, 0.3) is 0 Å². The Bertz CT molecular complexity index is 884. The van der Waals surface area contributed by atoms with Crippen LogP contribution in [0.1, 0.15) is 51.2 Å². The van der Waals surface area contributed by atoms with Gasteiger partial charge in [-0.05, 0) is 53.7 Å². The van der Waals surface area contributed by atoms with Crippen LogP contribution in [0.3, 0.4) is 0 Å². The highest BCUT2D eigenvalue weighted by Crippen LogP contribution is 2.35. The minimum atomic E-state index is -0.514. The summed E-state index contributed by atoms with van der Waals surface area (Å²) in [5, 5.41) is 16.2. The number of hydrogen-bond acceptors (Lipinski definition) is 2. The van der Waals surface area contributed by atoms with Gasteiger partial charge in [-0.3, -0.25) is 0 Å². The number of nitrogens with zero attached hydrogens (tertiary/aromatic N) is 1. The Morgan fingerprint density at radius 1 is 0.852 bits per heavy atom. The highest BCUT2D eigenvalue weighted by molar-refractivity contribution is 6.37. The molecule has 3 heteroatoms. The van der Waals surface area contributed by atoms with Gasteiger partial charge in [-0.15, -0.1) is 0 Å². The molecule has 0 bridgehead atoms. The van der Waals surface area contributed by atoms with Crippen molar-refractivity contribution in [3.8, 4) is 0 Å². The second-order valence-electron chi connectivity index (χ2n) is 7.37. The third-order valence-corrected chi connectivity index (χ3v) is 5.64. The van der Waals surface area contributed by atoms with Crippen LogP contribution in [-0.2, 0) is 0 Å². The molecule has 0 spiro atoms. The molecule has 0 aromatic heterocycles. The molecule has 144 valence electrons. The lowest BCUT2D eigenvalue weighted by Gasteiger charge is -2.26. The molecular formula is C24H30ClNO. The maximum atomic E-state index is 11.1. The molecule has 3 aromatic carbocycles. The van der Waals surface area contributed by atoms with E-state index in [-0.39, 0.29) is 0 Å². The summed E-state index contributed by atoms with van der Waals surface area (Å²) in [6.45, 7) is 7.19. The van der Waals surface area contributed by atoms with Gasteiger partial charge in [0.15, 0.2) is 0 Å². The van der Waals surface area contributed by atoms with Gasteiger partial charge in [0.1, 0.15) is 0 Å². The minimum absolute atomic E-state index is 0.514. The topological polar surface area (TPSA) is 23.5 Å². The monoisotopic (exact) mass is 383 g/mol. The van der Waals surface area contributed by atoms with E-state index in [4.69, 9.17) is 11.6 Å². The molecule has 1 N–H and O–H groups in total. The number of aliphatic hydroxyl groups is 1. The zero-order valence-electron chi connectivity index (χ0n) is 16.4. The molecule has 3 rings (SSSR count). The Balaban J connectivity index is 1.95. The highest BCUT2D eigenvalue weighted by Gasteiger charge is 2.17. The van der Waals surface area contributed by atoms with E-state index in [1.54, 1.807) is 0 Å². The van der Waals surface area contributed by atoms with Crippen molar-refractivity contribution < 1.29 is 5.11 Å². The van der Waals surface area contributed by atoms with Crippen LogP contribution in [0.4, 0.5) is 0 Å². The second kappa shape index (κ2) is 9.54. The predicted octanol–water partition coefficient (Wildman–Crippen LogP) is 6.58. The summed E-state index contributed by atoms with van der Waals surface area (Å²) in [5.74, 6) is 0. The van der Waals surface area contributed by atoms with Crippen molar-refractivity contribution in [3.05, 3.63) is 59.1 Å². The van der Waals surface area contributed by atoms with Crippen LogP contribution in [0.15, 0.2) is 48.5 Å². The lowest BCUT2D eigenvalue weighted by atomic mass is 9.95. The molecule has 0 aliphatic rings. The molecule has 0 fully saturated rings. The number of hydrogen-bond donors (Lipinski definition) is 1. The van der Waals surface area contributed by atoms with E-state index < -0.39 is 6.10 Å². The zero-order valence-corrected chi connectivity index (χ0v) is 17.2. The summed E-state index contributed by atoms with van der Waals surface area (Å²) >= 11 is 6.56. The normalized spacial score (nSPS) is 12.9. The number of rotatable bonds is 9. The number of unbranched alkanes of at least 4 members (excludes halogenated alkanes) is 2. The molecule has 0 aliphatic carbocycles. The van der Waals surface area contributed by atoms with E-state index in [1.807, 2.05) is 30.3 Å². The van der Waals surface area contributed by atoms with Gasteiger partial charge in [-0.2, -0.15) is 0 Å². The van der Waals surface area contributed by atoms with E-state index in [1.165, 1.54) is 25.7 Å². The van der Waals surface area contributed by atoms with Crippen LogP contribution in [-0.4, -0.2) is 29.6 Å². The van der Waals surface area contributed by atoms with E-state index in [9.17, 15) is 5.11 Å². The summed E-state index contributed by atoms with van der Waals surface area (Å²) < 4.78 is 0. The van der Waals surface area contributed by atoms with Gasteiger partial charge in [0.05, 0.1) is 6.10 Å². The van der Waals surface area contributed by atoms with Crippen LogP contribution in [0.5, 0.6) is 0 Å². The quantitative estimate of drug-likeness (QED) is 0.421. The molecule has 2 nitrogen and oxygen atoms in total. The predicted molar refractivity (Wildman–Crippen MR) is 118 cm³/mol. The first-order valence-electron chi connectivity index (χ1n) is 10.2. The van der Waals surface area contributed by atoms with Gasteiger partial charge >= 0.3 is 0 Å². The molecule has 0 aliphatic heterocycles. The lowest BCUT2D eigenvalue weighted by Crippen LogP contribution is -2.30. The van der Waals surface area contributed by atoms with Crippen molar-refractivity contribution in [3.63, 3.8) is 0 Å². The third kappa shape index (κ3) is 4.63. The lowest BCUT2D eigenvalue weighted by molar-refractivity contribution is 0.112. The largest absolute Gasteiger partial charge is 0.387 e. The first kappa shape index (κ1) is 20.1. The Kier molecular flexibility index (Phi) is 7.12. The van der Waals surface area contributed by atoms with Crippen molar-refractivity contribution >= 4 is 33.1 Å². The van der Waals surface area contributed by atoms with Crippen LogP contribution < -0.4 is 0 Å². The first-order chi connectivity index (χ1) is 13.2. The maximum Gasteiger partial charge on any atom is 0.0922 e. The van der Waals surface area contributed by atoms with Crippen LogP contribution in [0.25, 0.3) is 21.5 Å². The molecular weight excluding hydrogens is 354 g/mol. The number of halogens is 1. The fourth-order valence-corrected chi connectivity index (χ4v) is 4.07. The molecule has 0 amide bonds. The van der Waals surface area contributed by atoms with Gasteiger partial charge in [0, 0.05) is 17.0 Å². The molecule has 0 heterocycles. The van der Waals surface area contributed by atoms with Crippen molar-refractivity contribution in [1.82, 2.24) is 4.90 Å². The smallest absolute Gasteiger partial charge is 0.0922 e. The van der Waals surface area contributed by atoms with Crippen molar-refractivity contribution in [1.29, 1.82) is 0 Å². The van der Waals surface area contributed by atoms with E-state index in [0.717, 1.165) is 45.2 Å². The minimum Gasteiger partial charge on any atom is -0.387 e. The maximum absolute atomic E-state index is 11.1. The van der Waals surface area contributed by atoms with E-state index in [0.29, 0.717) is 6.54 Å². The summed E-state index contributed by atoms with van der Waals surface area (Å²) in [6, 6.07) is 16.4. The molecule has 0 unspecified atom stereocenters. The highest BCUT2D eigenvalue weighted by atomic mass is 35.5. The van der Waals surface area contributed by atoms with Crippen LogP contribution in [0.2, 0.25) is 5.02 Å². The molecule has 3 aromatic rings. The summed E-state index contributed by atoms with van der Waals surface area (Å²) in [4.78, 5) is 2.40. The Labute approximate surface area is 167 Å². The first-order valence-corrected chi connectivity index (χ1v) is 10.5. The Hall–Kier alpha value is -1.61. The SMILES string of the molecule is CCCCN(CCCC)C[C@H](O)c1cccc2c1cc(Cl)c1ccccc12. The van der Waals surface area contributed by atoms with Crippen LogP contribution in [0, 0.1) is 0 Å². The molecule has 0 radical (unpaired) electrons. The summed E-state index contributed by atoms with van der Waals surface area (Å²) in [5.41, 5.74) is 0.971. The summed E-state index contributed by atoms with van der Waals surface area (Å²) in [6.07, 6.45) is 4.17. The third-order valence-electron chi connectivity index (χ3n) is 5.33. The number of fused-ring (bicyclic) bond motifs is 3. The fraction of sp³-hybridized carbons (Fsp3) is 0.417. The van der Waals surface area contributed by atoms with Gasteiger partial charge < -0.3 is 10.0 Å². The van der Waals surface area contributed by atoms with Gasteiger partial charge in [0.2, 0.25) is 0 Å². The Morgan fingerprint density at radius 2 is 1.44 bits per heavy atom. The molecule has 1 atom stereocenters. The van der Waals surface area contributed by atoms with Crippen molar-refractivity contribution in [2.75, 3.05) is 19.6 Å². The number of benzene rings is 3. The van der Waals surface area contributed by atoms with Crippen LogP contribution >= 0.6 is 11.6 Å². The van der Waals surface area contributed by atoms with E-state index in [2.05, 4.69) is 36.9 Å². The number of aliphatic hydroxyl groups excluding tert-OH is 1. The average molecular weight is 384 g/mol. The van der Waals surface area contributed by atoms with Gasteiger partial charge in [-0.1, -0.05) is 80.8 Å². The van der Waals surface area contributed by atoms with Gasteiger partial charge in [-0.25, -0.2) is 0 Å². The molecule has 0 saturated carbocycles. The standard InChI is InChI=1S/C24H30ClNO/c1-3-5-14-26(15-6-4-2)17-24(27)21-13-9-12-19-18-10-7-8-11-20(18)23(25)16-22(19)21/h7-13,16,24,27H,3-6,14-15,17H2,1-2H3/t24-/m0/s1. The molecule has 27 heavy (non-hydrogen) atoms. The second-order valence-corrected chi connectivity index (χ2v) is 7.78. The van der Waals surface area contributed by atoms with Crippen molar-refractivity contribution in [2.45, 2.75) is 45.6 Å². The summed E-state index contributed by atoms with van der Waals surface area (Å²) in [7, 11) is 0. The molecule has 0 saturated heterocycles. The van der Waals surface area contributed by atoms with Crippen molar-refractivity contribution in [2.24, 2.45) is 0 Å². The fourth-order valence-electron chi connectivity index (χ4n) is 3.80. The van der Waals surface area contributed by atoms with E-state index >= 15 is 0 Å². The Morgan fingerprint density at radius 3 is 2.11 bits per heavy atom. The average Bonchev–Trinajstić information content (AvgIpc) is 2.69. The zero-order chi connectivity index (χ0) is 19.2.